The van der Waals surface area contributed by atoms with Gasteiger partial charge in [0.1, 0.15) is 5.75 Å². The van der Waals surface area contributed by atoms with Gasteiger partial charge < -0.3 is 9.47 Å². The lowest BCUT2D eigenvalue weighted by Gasteiger charge is -2.29. The van der Waals surface area contributed by atoms with Gasteiger partial charge in [-0.05, 0) is 86.8 Å². The molecular formula is C24H36F2O2. The van der Waals surface area contributed by atoms with E-state index in [1.807, 2.05) is 12.1 Å². The fourth-order valence-corrected chi connectivity index (χ4v) is 4.81. The molecule has 0 aromatic heterocycles. The average molecular weight is 395 g/mol. The summed E-state index contributed by atoms with van der Waals surface area (Å²) in [5, 5.41) is 0. The molecule has 3 rings (SSSR count). The van der Waals surface area contributed by atoms with Gasteiger partial charge in [-0.1, -0.05) is 38.8 Å². The van der Waals surface area contributed by atoms with Crippen molar-refractivity contribution in [1.29, 1.82) is 0 Å². The summed E-state index contributed by atoms with van der Waals surface area (Å²) < 4.78 is 38.7. The molecular weight excluding hydrogens is 358 g/mol. The van der Waals surface area contributed by atoms with E-state index in [-0.39, 0.29) is 11.9 Å². The first-order valence-electron chi connectivity index (χ1n) is 11.2. The van der Waals surface area contributed by atoms with Crippen LogP contribution in [0.1, 0.15) is 89.5 Å². The van der Waals surface area contributed by atoms with Crippen molar-refractivity contribution in [2.24, 2.45) is 11.8 Å². The molecule has 0 saturated heterocycles. The lowest BCUT2D eigenvalue weighted by Crippen LogP contribution is -2.34. The Labute approximate surface area is 169 Å². The summed E-state index contributed by atoms with van der Waals surface area (Å²) in [5.41, 5.74) is 1.25. The van der Waals surface area contributed by atoms with Crippen LogP contribution in [0.2, 0.25) is 0 Å². The van der Waals surface area contributed by atoms with Crippen LogP contribution in [0.4, 0.5) is 8.78 Å². The van der Waals surface area contributed by atoms with Crippen LogP contribution in [0.5, 0.6) is 5.75 Å². The Morgan fingerprint density at radius 2 is 1.57 bits per heavy atom. The smallest absolute Gasteiger partial charge is 0.421 e. The fraction of sp³-hybridized carbons (Fsp3) is 0.750. The minimum absolute atomic E-state index is 0.0594. The van der Waals surface area contributed by atoms with Gasteiger partial charge in [0.15, 0.2) is 6.61 Å². The highest BCUT2D eigenvalue weighted by atomic mass is 19.3. The van der Waals surface area contributed by atoms with Crippen LogP contribution in [0.25, 0.3) is 0 Å². The van der Waals surface area contributed by atoms with Crippen LogP contribution in [0.15, 0.2) is 24.3 Å². The Balaban J connectivity index is 1.45. The Bertz CT molecular complexity index is 571. The number of rotatable bonds is 8. The molecule has 1 aromatic rings. The standard InChI is InChI=1S/C24H36F2O2/c1-3-4-19-7-9-20(10-8-19)21-11-15-23(16-12-21)28-24(25,26)17-27-22-13-5-18(2)6-14-22/h11-12,15-16,18-20,22H,3-10,13-14,17H2,1-2H3. The highest BCUT2D eigenvalue weighted by Gasteiger charge is 2.34. The maximum Gasteiger partial charge on any atom is 0.421 e. The molecule has 2 aliphatic carbocycles. The van der Waals surface area contributed by atoms with Gasteiger partial charge in [-0.2, -0.15) is 8.78 Å². The van der Waals surface area contributed by atoms with Crippen LogP contribution in [0.3, 0.4) is 0 Å². The molecule has 0 bridgehead atoms. The van der Waals surface area contributed by atoms with E-state index in [4.69, 9.17) is 9.47 Å². The van der Waals surface area contributed by atoms with Gasteiger partial charge in [0, 0.05) is 0 Å². The minimum atomic E-state index is -3.29. The van der Waals surface area contributed by atoms with Crippen molar-refractivity contribution in [2.45, 2.75) is 96.2 Å². The van der Waals surface area contributed by atoms with E-state index < -0.39 is 12.7 Å². The SMILES string of the molecule is CCCC1CCC(c2ccc(OC(F)(F)COC3CCC(C)CC3)cc2)CC1. The summed E-state index contributed by atoms with van der Waals surface area (Å²) in [4.78, 5) is 0. The second-order valence-corrected chi connectivity index (χ2v) is 9.01. The monoisotopic (exact) mass is 394 g/mol. The van der Waals surface area contributed by atoms with Gasteiger partial charge in [-0.25, -0.2) is 0 Å². The van der Waals surface area contributed by atoms with E-state index in [2.05, 4.69) is 13.8 Å². The molecule has 158 valence electrons. The number of benzene rings is 1. The zero-order valence-corrected chi connectivity index (χ0v) is 17.5. The molecule has 0 atom stereocenters. The number of halogens is 2. The van der Waals surface area contributed by atoms with Gasteiger partial charge in [0.2, 0.25) is 0 Å². The number of alkyl halides is 2. The largest absolute Gasteiger partial charge is 0.431 e. The van der Waals surface area contributed by atoms with Crippen molar-refractivity contribution in [1.82, 2.24) is 0 Å². The molecule has 0 spiro atoms. The molecule has 2 nitrogen and oxygen atoms in total. The summed E-state index contributed by atoms with van der Waals surface area (Å²) in [6, 6.07) is 7.28. The second-order valence-electron chi connectivity index (χ2n) is 9.01. The molecule has 2 saturated carbocycles. The minimum Gasteiger partial charge on any atom is -0.431 e. The van der Waals surface area contributed by atoms with E-state index in [9.17, 15) is 8.78 Å². The summed E-state index contributed by atoms with van der Waals surface area (Å²) >= 11 is 0. The molecule has 0 aliphatic heterocycles. The molecule has 28 heavy (non-hydrogen) atoms. The fourth-order valence-electron chi connectivity index (χ4n) is 4.81. The van der Waals surface area contributed by atoms with Gasteiger partial charge >= 0.3 is 6.11 Å². The van der Waals surface area contributed by atoms with Gasteiger partial charge in [-0.3, -0.25) is 0 Å². The second kappa shape index (κ2) is 10.0. The molecule has 1 aromatic carbocycles. The first-order valence-corrected chi connectivity index (χ1v) is 11.2. The Kier molecular flexibility index (Phi) is 7.73. The maximum atomic E-state index is 14.2. The van der Waals surface area contributed by atoms with Crippen molar-refractivity contribution in [2.75, 3.05) is 6.61 Å². The zero-order chi connectivity index (χ0) is 20.0. The Hall–Kier alpha value is -1.16. The lowest BCUT2D eigenvalue weighted by atomic mass is 9.77. The van der Waals surface area contributed by atoms with Crippen LogP contribution in [0, 0.1) is 11.8 Å². The predicted octanol–water partition coefficient (Wildman–Crippen LogP) is 7.33. The summed E-state index contributed by atoms with van der Waals surface area (Å²) in [7, 11) is 0. The molecule has 0 radical (unpaired) electrons. The third-order valence-corrected chi connectivity index (χ3v) is 6.61. The maximum absolute atomic E-state index is 14.2. The normalized spacial score (nSPS) is 28.9. The van der Waals surface area contributed by atoms with E-state index >= 15 is 0 Å². The molecule has 0 amide bonds. The predicted molar refractivity (Wildman–Crippen MR) is 109 cm³/mol. The van der Waals surface area contributed by atoms with Gasteiger partial charge in [0.25, 0.3) is 0 Å². The first kappa shape index (κ1) is 21.5. The molecule has 2 fully saturated rings. The summed E-state index contributed by atoms with van der Waals surface area (Å²) in [5.74, 6) is 2.32. The number of ether oxygens (including phenoxy) is 2. The van der Waals surface area contributed by atoms with Crippen molar-refractivity contribution in [3.63, 3.8) is 0 Å². The molecule has 0 N–H and O–H groups in total. The van der Waals surface area contributed by atoms with Crippen LogP contribution in [-0.4, -0.2) is 18.8 Å². The number of hydrogen-bond donors (Lipinski definition) is 0. The lowest BCUT2D eigenvalue weighted by molar-refractivity contribution is -0.222. The summed E-state index contributed by atoms with van der Waals surface area (Å²) in [6.45, 7) is 3.78. The van der Waals surface area contributed by atoms with E-state index in [1.165, 1.54) is 44.1 Å². The molecule has 0 heterocycles. The Morgan fingerprint density at radius 1 is 0.929 bits per heavy atom. The molecule has 0 unspecified atom stereocenters. The zero-order valence-electron chi connectivity index (χ0n) is 17.5. The van der Waals surface area contributed by atoms with Gasteiger partial charge in [0.05, 0.1) is 6.10 Å². The third-order valence-electron chi connectivity index (χ3n) is 6.61. The highest BCUT2D eigenvalue weighted by Crippen LogP contribution is 2.38. The Morgan fingerprint density at radius 3 is 2.18 bits per heavy atom. The first-order chi connectivity index (χ1) is 13.4. The van der Waals surface area contributed by atoms with Gasteiger partial charge in [-0.15, -0.1) is 0 Å². The summed E-state index contributed by atoms with van der Waals surface area (Å²) in [6.07, 6.45) is 8.06. The molecule has 4 heteroatoms. The quantitative estimate of drug-likeness (QED) is 0.459. The highest BCUT2D eigenvalue weighted by molar-refractivity contribution is 5.30. The topological polar surface area (TPSA) is 18.5 Å². The van der Waals surface area contributed by atoms with E-state index in [1.54, 1.807) is 12.1 Å². The van der Waals surface area contributed by atoms with Crippen molar-refractivity contribution >= 4 is 0 Å². The van der Waals surface area contributed by atoms with Crippen LogP contribution in [-0.2, 0) is 4.74 Å². The van der Waals surface area contributed by atoms with Crippen LogP contribution < -0.4 is 4.74 Å². The average Bonchev–Trinajstić information content (AvgIpc) is 2.69. The van der Waals surface area contributed by atoms with Crippen molar-refractivity contribution in [3.8, 4) is 5.75 Å². The number of hydrogen-bond acceptors (Lipinski definition) is 2. The van der Waals surface area contributed by atoms with E-state index in [0.29, 0.717) is 11.8 Å². The van der Waals surface area contributed by atoms with E-state index in [0.717, 1.165) is 31.6 Å². The molecule has 2 aliphatic rings. The van der Waals surface area contributed by atoms with Crippen molar-refractivity contribution < 1.29 is 18.3 Å². The van der Waals surface area contributed by atoms with Crippen molar-refractivity contribution in [3.05, 3.63) is 29.8 Å². The third kappa shape index (κ3) is 6.43. The van der Waals surface area contributed by atoms with Crippen LogP contribution >= 0.6 is 0 Å².